The molecule has 3 N–H and O–H groups in total. The third-order valence-corrected chi connectivity index (χ3v) is 4.25. The smallest absolute Gasteiger partial charge is 0.222 e. The predicted octanol–water partition coefficient (Wildman–Crippen LogP) is 1.29. The van der Waals surface area contributed by atoms with Crippen molar-refractivity contribution in [3.05, 3.63) is 0 Å². The van der Waals surface area contributed by atoms with Crippen LogP contribution >= 0.6 is 24.0 Å². The minimum Gasteiger partial charge on any atom is -0.357 e. The molecule has 0 bridgehead atoms. The van der Waals surface area contributed by atoms with Crippen LogP contribution in [0.4, 0.5) is 0 Å². The zero-order valence-electron chi connectivity index (χ0n) is 15.4. The third kappa shape index (κ3) is 15.0. The van der Waals surface area contributed by atoms with Gasteiger partial charge >= 0.3 is 0 Å². The van der Waals surface area contributed by atoms with Crippen molar-refractivity contribution in [2.75, 3.05) is 25.1 Å². The molecule has 0 rings (SSSR count). The number of nitrogens with zero attached hydrogens (tertiary/aromatic N) is 1. The van der Waals surface area contributed by atoms with E-state index in [1.807, 2.05) is 27.7 Å². The molecule has 7 nitrogen and oxygen atoms in total. The van der Waals surface area contributed by atoms with Crippen LogP contribution in [0.2, 0.25) is 0 Å². The molecule has 0 heterocycles. The number of sulfone groups is 1. The Morgan fingerprint density at radius 2 is 1.75 bits per heavy atom. The van der Waals surface area contributed by atoms with Gasteiger partial charge in [0.1, 0.15) is 9.84 Å². The van der Waals surface area contributed by atoms with Crippen LogP contribution in [0.3, 0.4) is 0 Å². The molecule has 0 fully saturated rings. The molecule has 1 amide bonds. The zero-order chi connectivity index (χ0) is 17.9. The molecular weight excluding hydrogens is 443 g/mol. The Kier molecular flexibility index (Phi) is 14.6. The van der Waals surface area contributed by atoms with Crippen LogP contribution in [0, 0.1) is 0 Å². The fourth-order valence-corrected chi connectivity index (χ4v) is 2.52. The van der Waals surface area contributed by atoms with Crippen molar-refractivity contribution in [2.45, 2.75) is 59.0 Å². The van der Waals surface area contributed by atoms with Gasteiger partial charge in [0.15, 0.2) is 5.96 Å². The van der Waals surface area contributed by atoms with Crippen molar-refractivity contribution in [3.63, 3.8) is 0 Å². The van der Waals surface area contributed by atoms with Gasteiger partial charge in [0.2, 0.25) is 5.91 Å². The van der Waals surface area contributed by atoms with Crippen molar-refractivity contribution < 1.29 is 13.2 Å². The van der Waals surface area contributed by atoms with Crippen LogP contribution < -0.4 is 16.0 Å². The molecule has 144 valence electrons. The highest BCUT2D eigenvalue weighted by Gasteiger charge is 2.10. The maximum Gasteiger partial charge on any atom is 0.222 e. The third-order valence-electron chi connectivity index (χ3n) is 3.28. The normalized spacial score (nSPS) is 14.3. The van der Waals surface area contributed by atoms with Gasteiger partial charge in [-0.15, -0.1) is 24.0 Å². The fourth-order valence-electron chi connectivity index (χ4n) is 1.73. The first-order chi connectivity index (χ1) is 10.7. The van der Waals surface area contributed by atoms with Gasteiger partial charge in [-0.05, 0) is 33.6 Å². The quantitative estimate of drug-likeness (QED) is 0.251. The second-order valence-corrected chi connectivity index (χ2v) is 8.11. The average molecular weight is 476 g/mol. The van der Waals surface area contributed by atoms with E-state index in [0.717, 1.165) is 6.42 Å². The van der Waals surface area contributed by atoms with Gasteiger partial charge in [-0.2, -0.15) is 0 Å². The summed E-state index contributed by atoms with van der Waals surface area (Å²) in [5.74, 6) is 0.728. The molecule has 0 aromatic heterocycles. The number of aliphatic imine (C=N–C) groups is 1. The molecule has 0 aliphatic carbocycles. The Morgan fingerprint density at radius 1 is 1.12 bits per heavy atom. The van der Waals surface area contributed by atoms with Crippen LogP contribution in [0.1, 0.15) is 47.0 Å². The molecular formula is C15H33IN4O3S. The Bertz CT molecular complexity index is 483. The lowest BCUT2D eigenvalue weighted by molar-refractivity contribution is -0.121. The Labute approximate surface area is 163 Å². The van der Waals surface area contributed by atoms with Crippen LogP contribution in [-0.4, -0.2) is 57.5 Å². The minimum absolute atomic E-state index is 0. The van der Waals surface area contributed by atoms with Crippen molar-refractivity contribution in [3.8, 4) is 0 Å². The standard InChI is InChI=1S/C15H32N4O3S.HI/c1-6-12(3)18-14(20)8-10-17-15(16-7-2)19-13(4)9-11-23(5,21)22;/h12-13H,6-11H2,1-5H3,(H,18,20)(H2,16,17,19);1H. The van der Waals surface area contributed by atoms with E-state index in [0.29, 0.717) is 31.9 Å². The number of halogens is 1. The van der Waals surface area contributed by atoms with Crippen molar-refractivity contribution in [1.82, 2.24) is 16.0 Å². The first kappa shape index (κ1) is 25.7. The van der Waals surface area contributed by atoms with Crippen LogP contribution in [0.5, 0.6) is 0 Å². The SMILES string of the molecule is CCNC(=NCCC(=O)NC(C)CC)NC(C)CCS(C)(=O)=O.I. The molecule has 0 aliphatic heterocycles. The molecule has 0 saturated carbocycles. The lowest BCUT2D eigenvalue weighted by Crippen LogP contribution is -2.43. The number of carbonyl (C=O) groups is 1. The largest absolute Gasteiger partial charge is 0.357 e. The number of rotatable bonds is 10. The molecule has 24 heavy (non-hydrogen) atoms. The summed E-state index contributed by atoms with van der Waals surface area (Å²) in [6, 6.07) is 0.158. The molecule has 2 unspecified atom stereocenters. The summed E-state index contributed by atoms with van der Waals surface area (Å²) in [4.78, 5) is 16.1. The van der Waals surface area contributed by atoms with Gasteiger partial charge in [0.05, 0.1) is 12.3 Å². The number of guanidine groups is 1. The summed E-state index contributed by atoms with van der Waals surface area (Å²) >= 11 is 0. The Balaban J connectivity index is 0. The molecule has 0 saturated heterocycles. The lowest BCUT2D eigenvalue weighted by atomic mass is 10.2. The van der Waals surface area contributed by atoms with Crippen LogP contribution in [0.25, 0.3) is 0 Å². The average Bonchev–Trinajstić information content (AvgIpc) is 2.44. The van der Waals surface area contributed by atoms with E-state index in [4.69, 9.17) is 0 Å². The van der Waals surface area contributed by atoms with Crippen LogP contribution in [-0.2, 0) is 14.6 Å². The molecule has 0 aromatic rings. The number of hydrogen-bond donors (Lipinski definition) is 3. The molecule has 0 spiro atoms. The Hall–Kier alpha value is -0.580. The monoisotopic (exact) mass is 476 g/mol. The van der Waals surface area contributed by atoms with Crippen molar-refractivity contribution in [2.24, 2.45) is 4.99 Å². The van der Waals surface area contributed by atoms with E-state index >= 15 is 0 Å². The van der Waals surface area contributed by atoms with E-state index in [-0.39, 0.29) is 47.7 Å². The van der Waals surface area contributed by atoms with Gasteiger partial charge < -0.3 is 16.0 Å². The number of hydrogen-bond acceptors (Lipinski definition) is 4. The number of nitrogens with one attached hydrogen (secondary N) is 3. The van der Waals surface area contributed by atoms with Gasteiger partial charge in [-0.3, -0.25) is 9.79 Å². The second-order valence-electron chi connectivity index (χ2n) is 5.85. The zero-order valence-corrected chi connectivity index (χ0v) is 18.5. The molecule has 9 heteroatoms. The molecule has 0 aliphatic rings. The molecule has 0 radical (unpaired) electrons. The highest BCUT2D eigenvalue weighted by molar-refractivity contribution is 14.0. The van der Waals surface area contributed by atoms with E-state index in [1.54, 1.807) is 0 Å². The minimum atomic E-state index is -2.96. The van der Waals surface area contributed by atoms with Gasteiger partial charge in [0, 0.05) is 31.3 Å². The first-order valence-electron chi connectivity index (χ1n) is 8.19. The maximum atomic E-state index is 11.7. The van der Waals surface area contributed by atoms with Crippen molar-refractivity contribution in [1.29, 1.82) is 0 Å². The Morgan fingerprint density at radius 3 is 2.25 bits per heavy atom. The lowest BCUT2D eigenvalue weighted by Gasteiger charge is -2.17. The highest BCUT2D eigenvalue weighted by atomic mass is 127. The van der Waals surface area contributed by atoms with Crippen LogP contribution in [0.15, 0.2) is 4.99 Å². The summed E-state index contributed by atoms with van der Waals surface area (Å²) in [6.45, 7) is 8.94. The number of amides is 1. The van der Waals surface area contributed by atoms with Crippen molar-refractivity contribution >= 4 is 45.7 Å². The van der Waals surface area contributed by atoms with Gasteiger partial charge in [0.25, 0.3) is 0 Å². The van der Waals surface area contributed by atoms with Gasteiger partial charge in [-0.1, -0.05) is 6.92 Å². The first-order valence-corrected chi connectivity index (χ1v) is 10.3. The summed E-state index contributed by atoms with van der Waals surface area (Å²) in [5, 5.41) is 9.15. The van der Waals surface area contributed by atoms with E-state index in [1.165, 1.54) is 6.26 Å². The highest BCUT2D eigenvalue weighted by Crippen LogP contribution is 1.96. The van der Waals surface area contributed by atoms with E-state index in [2.05, 4.69) is 20.9 Å². The van der Waals surface area contributed by atoms with E-state index < -0.39 is 9.84 Å². The summed E-state index contributed by atoms with van der Waals surface area (Å²) in [5.41, 5.74) is 0. The van der Waals surface area contributed by atoms with Gasteiger partial charge in [-0.25, -0.2) is 8.42 Å². The summed E-state index contributed by atoms with van der Waals surface area (Å²) in [7, 11) is -2.96. The summed E-state index contributed by atoms with van der Waals surface area (Å²) < 4.78 is 22.4. The van der Waals surface area contributed by atoms with E-state index in [9.17, 15) is 13.2 Å². The summed E-state index contributed by atoms with van der Waals surface area (Å²) in [6.07, 6.45) is 2.97. The molecule has 0 aromatic carbocycles. The predicted molar refractivity (Wildman–Crippen MR) is 111 cm³/mol. The maximum absolute atomic E-state index is 11.7. The fraction of sp³-hybridized carbons (Fsp3) is 0.867. The second kappa shape index (κ2) is 13.7. The number of carbonyl (C=O) groups excluding carboxylic acids is 1. The molecule has 2 atom stereocenters. The topological polar surface area (TPSA) is 99.7 Å².